The third kappa shape index (κ3) is 5.92. The van der Waals surface area contributed by atoms with E-state index in [-0.39, 0.29) is 21.8 Å². The molecule has 0 spiro atoms. The van der Waals surface area contributed by atoms with Crippen LogP contribution in [0.4, 0.5) is 15.8 Å². The van der Waals surface area contributed by atoms with Crippen LogP contribution < -0.4 is 10.0 Å². The Labute approximate surface area is 185 Å². The summed E-state index contributed by atoms with van der Waals surface area (Å²) in [6, 6.07) is 16.1. The van der Waals surface area contributed by atoms with Crippen LogP contribution in [-0.2, 0) is 19.6 Å². The molecule has 0 unspecified atom stereocenters. The molecule has 166 valence electrons. The van der Waals surface area contributed by atoms with Crippen LogP contribution in [-0.4, -0.2) is 26.9 Å². The molecule has 9 heteroatoms. The molecule has 0 radical (unpaired) electrons. The van der Waals surface area contributed by atoms with Gasteiger partial charge in [-0.05, 0) is 73.5 Å². The Morgan fingerprint density at radius 2 is 1.66 bits per heavy atom. The summed E-state index contributed by atoms with van der Waals surface area (Å²) >= 11 is 0. The van der Waals surface area contributed by atoms with E-state index in [1.54, 1.807) is 26.0 Å². The van der Waals surface area contributed by atoms with Crippen molar-refractivity contribution in [2.75, 3.05) is 16.6 Å². The van der Waals surface area contributed by atoms with Gasteiger partial charge in [-0.2, -0.15) is 0 Å². The van der Waals surface area contributed by atoms with Crippen molar-refractivity contribution in [1.82, 2.24) is 0 Å². The molecule has 7 nitrogen and oxygen atoms in total. The summed E-state index contributed by atoms with van der Waals surface area (Å²) in [5.74, 6) is -1.89. The van der Waals surface area contributed by atoms with Gasteiger partial charge < -0.3 is 10.1 Å². The van der Waals surface area contributed by atoms with E-state index < -0.39 is 34.3 Å². The normalized spacial score (nSPS) is 11.0. The van der Waals surface area contributed by atoms with Gasteiger partial charge in [-0.1, -0.05) is 18.2 Å². The minimum Gasteiger partial charge on any atom is -0.452 e. The number of carbonyl (C=O) groups excluding carboxylic acids is 2. The molecule has 3 rings (SSSR count). The summed E-state index contributed by atoms with van der Waals surface area (Å²) in [6.45, 7) is 2.95. The zero-order valence-electron chi connectivity index (χ0n) is 17.4. The zero-order valence-corrected chi connectivity index (χ0v) is 18.2. The fraction of sp³-hybridized carbons (Fsp3) is 0.130. The van der Waals surface area contributed by atoms with Gasteiger partial charge in [0.15, 0.2) is 6.61 Å². The molecule has 0 aliphatic heterocycles. The van der Waals surface area contributed by atoms with Crippen molar-refractivity contribution in [3.05, 3.63) is 89.2 Å². The lowest BCUT2D eigenvalue weighted by atomic mass is 10.2. The summed E-state index contributed by atoms with van der Waals surface area (Å²) < 4.78 is 45.9. The smallest absolute Gasteiger partial charge is 0.338 e. The highest BCUT2D eigenvalue weighted by atomic mass is 32.2. The van der Waals surface area contributed by atoms with E-state index in [9.17, 15) is 22.4 Å². The van der Waals surface area contributed by atoms with E-state index in [0.717, 1.165) is 11.6 Å². The molecule has 0 saturated heterocycles. The Morgan fingerprint density at radius 1 is 0.938 bits per heavy atom. The topological polar surface area (TPSA) is 102 Å². The Bertz CT molecular complexity index is 1260. The number of esters is 1. The molecule has 0 bridgehead atoms. The van der Waals surface area contributed by atoms with Gasteiger partial charge in [-0.25, -0.2) is 17.6 Å². The summed E-state index contributed by atoms with van der Waals surface area (Å²) in [5.41, 5.74) is 2.08. The van der Waals surface area contributed by atoms with Crippen LogP contribution in [0.1, 0.15) is 21.5 Å². The first-order valence-electron chi connectivity index (χ1n) is 9.57. The van der Waals surface area contributed by atoms with Gasteiger partial charge in [0.05, 0.1) is 10.5 Å². The maximum absolute atomic E-state index is 13.1. The van der Waals surface area contributed by atoms with Crippen molar-refractivity contribution >= 4 is 33.3 Å². The van der Waals surface area contributed by atoms with Crippen LogP contribution in [0.5, 0.6) is 0 Å². The van der Waals surface area contributed by atoms with Crippen LogP contribution in [0, 0.1) is 19.7 Å². The molecule has 0 atom stereocenters. The number of carbonyl (C=O) groups is 2. The number of amides is 1. The van der Waals surface area contributed by atoms with Crippen LogP contribution in [0.2, 0.25) is 0 Å². The number of benzene rings is 3. The van der Waals surface area contributed by atoms with Gasteiger partial charge in [0, 0.05) is 11.4 Å². The molecule has 1 amide bonds. The van der Waals surface area contributed by atoms with Crippen LogP contribution >= 0.6 is 0 Å². The van der Waals surface area contributed by atoms with Crippen molar-refractivity contribution in [2.24, 2.45) is 0 Å². The average Bonchev–Trinajstić information content (AvgIpc) is 2.74. The quantitative estimate of drug-likeness (QED) is 0.523. The fourth-order valence-electron chi connectivity index (χ4n) is 2.86. The Balaban J connectivity index is 1.59. The monoisotopic (exact) mass is 456 g/mol. The molecule has 0 aliphatic carbocycles. The van der Waals surface area contributed by atoms with E-state index in [4.69, 9.17) is 4.74 Å². The average molecular weight is 456 g/mol. The second-order valence-corrected chi connectivity index (χ2v) is 8.74. The third-order valence-corrected chi connectivity index (χ3v) is 5.97. The Morgan fingerprint density at radius 3 is 2.34 bits per heavy atom. The van der Waals surface area contributed by atoms with Gasteiger partial charge in [-0.15, -0.1) is 0 Å². The lowest BCUT2D eigenvalue weighted by Crippen LogP contribution is -2.21. The third-order valence-electron chi connectivity index (χ3n) is 4.45. The Hall–Kier alpha value is -3.72. The number of ether oxygens (including phenoxy) is 1. The van der Waals surface area contributed by atoms with E-state index in [1.807, 2.05) is 6.07 Å². The summed E-state index contributed by atoms with van der Waals surface area (Å²) in [4.78, 5) is 24.2. The number of hydrogen-bond donors (Lipinski definition) is 2. The van der Waals surface area contributed by atoms with E-state index >= 15 is 0 Å². The molecule has 3 aromatic carbocycles. The predicted octanol–water partition coefficient (Wildman–Crippen LogP) is 4.04. The maximum Gasteiger partial charge on any atom is 0.338 e. The Kier molecular flexibility index (Phi) is 6.89. The predicted molar refractivity (Wildman–Crippen MR) is 118 cm³/mol. The lowest BCUT2D eigenvalue weighted by molar-refractivity contribution is -0.119. The van der Waals surface area contributed by atoms with Gasteiger partial charge in [0.1, 0.15) is 5.82 Å². The number of sulfonamides is 1. The summed E-state index contributed by atoms with van der Waals surface area (Å²) in [6.07, 6.45) is 0. The molecule has 0 heterocycles. The molecule has 2 N–H and O–H groups in total. The summed E-state index contributed by atoms with van der Waals surface area (Å²) in [7, 11) is -3.80. The largest absolute Gasteiger partial charge is 0.452 e. The van der Waals surface area contributed by atoms with Crippen molar-refractivity contribution in [1.29, 1.82) is 0 Å². The molecule has 3 aromatic rings. The first-order chi connectivity index (χ1) is 15.1. The van der Waals surface area contributed by atoms with E-state index in [0.29, 0.717) is 5.56 Å². The molecule has 0 saturated carbocycles. The second kappa shape index (κ2) is 9.61. The maximum atomic E-state index is 13.1. The summed E-state index contributed by atoms with van der Waals surface area (Å²) in [5, 5.41) is 2.42. The highest BCUT2D eigenvalue weighted by Gasteiger charge is 2.18. The van der Waals surface area contributed by atoms with Crippen molar-refractivity contribution in [3.63, 3.8) is 0 Å². The van der Waals surface area contributed by atoms with Crippen LogP contribution in [0.25, 0.3) is 0 Å². The number of halogens is 1. The van der Waals surface area contributed by atoms with E-state index in [1.165, 1.54) is 42.5 Å². The van der Waals surface area contributed by atoms with Crippen LogP contribution in [0.15, 0.2) is 71.6 Å². The van der Waals surface area contributed by atoms with Crippen molar-refractivity contribution in [3.8, 4) is 0 Å². The zero-order chi connectivity index (χ0) is 23.3. The minimum atomic E-state index is -3.80. The van der Waals surface area contributed by atoms with Crippen molar-refractivity contribution in [2.45, 2.75) is 18.7 Å². The molecular weight excluding hydrogens is 435 g/mol. The number of hydrogen-bond acceptors (Lipinski definition) is 5. The van der Waals surface area contributed by atoms with Gasteiger partial charge in [0.2, 0.25) is 0 Å². The second-order valence-electron chi connectivity index (χ2n) is 7.09. The molecule has 0 aliphatic rings. The van der Waals surface area contributed by atoms with Gasteiger partial charge >= 0.3 is 5.97 Å². The van der Waals surface area contributed by atoms with Crippen molar-refractivity contribution < 1.29 is 27.1 Å². The first kappa shape index (κ1) is 23.0. The number of rotatable bonds is 7. The standard InChI is InChI=1S/C23H21FN2O5S/c1-15-6-7-16(2)21(12-15)32(29,30)26-19-10-8-17(9-11-19)23(28)31-14-22(27)25-20-5-3-4-18(24)13-20/h3-13,26H,14H2,1-2H3,(H,25,27). The van der Waals surface area contributed by atoms with E-state index in [2.05, 4.69) is 10.0 Å². The molecule has 32 heavy (non-hydrogen) atoms. The SMILES string of the molecule is Cc1ccc(C)c(S(=O)(=O)Nc2ccc(C(=O)OCC(=O)Nc3cccc(F)c3)cc2)c1. The number of nitrogens with one attached hydrogen (secondary N) is 2. The van der Waals surface area contributed by atoms with Crippen LogP contribution in [0.3, 0.4) is 0 Å². The van der Waals surface area contributed by atoms with Gasteiger partial charge in [-0.3, -0.25) is 9.52 Å². The molecule has 0 fully saturated rings. The highest BCUT2D eigenvalue weighted by Crippen LogP contribution is 2.21. The number of aryl methyl sites for hydroxylation is 2. The highest BCUT2D eigenvalue weighted by molar-refractivity contribution is 7.92. The lowest BCUT2D eigenvalue weighted by Gasteiger charge is -2.11. The van der Waals surface area contributed by atoms with Gasteiger partial charge in [0.25, 0.3) is 15.9 Å². The number of anilines is 2. The minimum absolute atomic E-state index is 0.137. The first-order valence-corrected chi connectivity index (χ1v) is 11.0. The molecular formula is C23H21FN2O5S. The fourth-order valence-corrected chi connectivity index (χ4v) is 4.25. The molecule has 0 aromatic heterocycles.